The van der Waals surface area contributed by atoms with Gasteiger partial charge < -0.3 is 0 Å². The Bertz CT molecular complexity index is 1670. The average molecular weight is 879 g/mol. The van der Waals surface area contributed by atoms with Gasteiger partial charge in [-0.25, -0.2) is 0 Å². The van der Waals surface area contributed by atoms with Crippen LogP contribution in [-0.4, -0.2) is 12.3 Å². The second kappa shape index (κ2) is 40.4. The van der Waals surface area contributed by atoms with Gasteiger partial charge in [0.2, 0.25) is 0 Å². The molecule has 0 aromatic heterocycles. The molecule has 0 spiro atoms. The zero-order valence-electron chi connectivity index (χ0n) is 44.2. The summed E-state index contributed by atoms with van der Waals surface area (Å²) in [5.41, 5.74) is 10.7. The molecule has 0 N–H and O–H groups in total. The molecule has 0 radical (unpaired) electrons. The van der Waals surface area contributed by atoms with Crippen molar-refractivity contribution >= 4 is 56.0 Å². The van der Waals surface area contributed by atoms with Crippen LogP contribution in [0.25, 0.3) is 0 Å². The smallest absolute Gasteiger partial charge is 0.108 e. The molecule has 0 nitrogen and oxygen atoms in total. The molecule has 8 rings (SSSR count). The monoisotopic (exact) mass is 879 g/mol. The molecule has 0 unspecified atom stereocenters. The molecule has 0 saturated carbocycles. The number of benzene rings is 8. The molecule has 66 heavy (non-hydrogen) atoms. The summed E-state index contributed by atoms with van der Waals surface area (Å²) in [7, 11) is 0. The lowest BCUT2D eigenvalue weighted by molar-refractivity contribution is 1.50. The Morgan fingerprint density at radius 2 is 0.212 bits per heavy atom. The van der Waals surface area contributed by atoms with Crippen molar-refractivity contribution in [3.05, 3.63) is 243 Å². The van der Waals surface area contributed by atoms with Crippen LogP contribution in [0.2, 0.25) is 0 Å². The predicted octanol–water partition coefficient (Wildman–Crippen LogP) is 14.3. The Balaban J connectivity index is 0. The summed E-state index contributed by atoms with van der Waals surface area (Å²) in [6.45, 7) is 32.0. The fraction of sp³-hybridized carbons (Fsp3) is 0.250. The van der Waals surface area contributed by atoms with Crippen molar-refractivity contribution in [1.29, 1.82) is 0 Å². The van der Waals surface area contributed by atoms with Crippen LogP contribution in [0.5, 0.6) is 0 Å². The van der Waals surface area contributed by atoms with E-state index >= 15 is 0 Å². The molecule has 0 aliphatic rings. The topological polar surface area (TPSA) is 0 Å². The first-order chi connectivity index (χ1) is 32.8. The maximum atomic E-state index is 2.26. The normalized spacial score (nSPS) is 9.21. The van der Waals surface area contributed by atoms with Crippen LogP contribution in [0.15, 0.2) is 243 Å². The van der Waals surface area contributed by atoms with Gasteiger partial charge >= 0.3 is 0 Å². The SMILES string of the molecule is CC.CC.CC.CC.CC.CC.CC.CC.c1ccc([B-](c2ccccc2)(c2ccccc2)c2ccccc2)cc1.c1ccc([B-](c2ccccc2)(c2ccccc2)c2ccccc2)cc1. The van der Waals surface area contributed by atoms with Gasteiger partial charge in [-0.2, -0.15) is 43.7 Å². The van der Waals surface area contributed by atoms with Gasteiger partial charge in [0.25, 0.3) is 0 Å². The predicted molar refractivity (Wildman–Crippen MR) is 311 cm³/mol. The summed E-state index contributed by atoms with van der Waals surface area (Å²) >= 11 is 0. The molecule has 0 amide bonds. The summed E-state index contributed by atoms with van der Waals surface area (Å²) < 4.78 is 0. The zero-order valence-corrected chi connectivity index (χ0v) is 44.2. The second-order valence-corrected chi connectivity index (χ2v) is 13.0. The van der Waals surface area contributed by atoms with Crippen molar-refractivity contribution < 1.29 is 0 Å². The van der Waals surface area contributed by atoms with E-state index in [-0.39, 0.29) is 0 Å². The number of hydrogen-bond acceptors (Lipinski definition) is 0. The van der Waals surface area contributed by atoms with E-state index in [9.17, 15) is 0 Å². The molecule has 2 heteroatoms. The summed E-state index contributed by atoms with van der Waals surface area (Å²) in [6.07, 6.45) is -2.43. The number of rotatable bonds is 8. The first-order valence-corrected chi connectivity index (χ1v) is 25.6. The molecule has 0 heterocycles. The highest BCUT2D eigenvalue weighted by Crippen LogP contribution is 2.11. The Morgan fingerprint density at radius 1 is 0.136 bits per heavy atom. The molecule has 8 aromatic rings. The van der Waals surface area contributed by atoms with Crippen LogP contribution >= 0.6 is 0 Å². The van der Waals surface area contributed by atoms with E-state index in [0.29, 0.717) is 0 Å². The van der Waals surface area contributed by atoms with Gasteiger partial charge in [-0.1, -0.05) is 353 Å². The van der Waals surface area contributed by atoms with Crippen LogP contribution in [-0.2, 0) is 0 Å². The third-order valence-electron chi connectivity index (χ3n) is 10.4. The van der Waals surface area contributed by atoms with E-state index in [0.717, 1.165) is 0 Å². The van der Waals surface area contributed by atoms with E-state index < -0.39 is 12.3 Å². The van der Waals surface area contributed by atoms with Gasteiger partial charge in [-0.3, -0.25) is 0 Å². The molecule has 8 aromatic carbocycles. The molecule has 0 saturated heterocycles. The minimum atomic E-state index is -1.22. The van der Waals surface area contributed by atoms with E-state index in [1.165, 1.54) is 43.7 Å². The van der Waals surface area contributed by atoms with Crippen LogP contribution in [0, 0.1) is 0 Å². The van der Waals surface area contributed by atoms with E-state index in [4.69, 9.17) is 0 Å². The largest absolute Gasteiger partial charge is 0.195 e. The Labute approximate surface area is 407 Å². The maximum absolute atomic E-state index is 2.26. The summed E-state index contributed by atoms with van der Waals surface area (Å²) in [6, 6.07) is 87.1. The second-order valence-electron chi connectivity index (χ2n) is 13.0. The van der Waals surface area contributed by atoms with Crippen LogP contribution < -0.4 is 43.7 Å². The van der Waals surface area contributed by atoms with Gasteiger partial charge in [-0.05, 0) is 0 Å². The van der Waals surface area contributed by atoms with Crippen molar-refractivity contribution in [1.82, 2.24) is 0 Å². The first-order valence-electron chi connectivity index (χ1n) is 25.6. The summed E-state index contributed by atoms with van der Waals surface area (Å²) in [5, 5.41) is 0. The molecule has 0 bridgehead atoms. The lowest BCUT2D eigenvalue weighted by Gasteiger charge is -2.44. The Hall–Kier alpha value is -6.11. The third-order valence-corrected chi connectivity index (χ3v) is 10.4. The first kappa shape index (κ1) is 62.0. The Kier molecular flexibility index (Phi) is 37.9. The molecule has 0 fully saturated rings. The lowest BCUT2D eigenvalue weighted by Crippen LogP contribution is -2.74. The average Bonchev–Trinajstić information content (AvgIpc) is 3.46. The van der Waals surface area contributed by atoms with Gasteiger partial charge in [0.1, 0.15) is 12.3 Å². The minimum absolute atomic E-state index is 1.22. The van der Waals surface area contributed by atoms with Crippen LogP contribution in [0.1, 0.15) is 111 Å². The lowest BCUT2D eigenvalue weighted by atomic mass is 9.13. The molecule has 0 atom stereocenters. The number of hydrogen-bond donors (Lipinski definition) is 0. The van der Waals surface area contributed by atoms with Crippen LogP contribution in [0.3, 0.4) is 0 Å². The molecule has 0 aliphatic heterocycles. The fourth-order valence-corrected chi connectivity index (χ4v) is 8.24. The van der Waals surface area contributed by atoms with Crippen LogP contribution in [0.4, 0.5) is 0 Å². The highest BCUT2D eigenvalue weighted by atomic mass is 14.1. The van der Waals surface area contributed by atoms with Gasteiger partial charge in [0, 0.05) is 0 Å². The quantitative estimate of drug-likeness (QED) is 0.133. The summed E-state index contributed by atoms with van der Waals surface area (Å²) in [4.78, 5) is 0. The van der Waals surface area contributed by atoms with Crippen molar-refractivity contribution in [3.63, 3.8) is 0 Å². The summed E-state index contributed by atoms with van der Waals surface area (Å²) in [5.74, 6) is 0. The van der Waals surface area contributed by atoms with E-state index in [1.807, 2.05) is 111 Å². The minimum Gasteiger partial charge on any atom is -0.195 e. The molecular formula is C64H88B2-2. The highest BCUT2D eigenvalue weighted by Gasteiger charge is 2.32. The van der Waals surface area contributed by atoms with Gasteiger partial charge in [-0.15, -0.1) is 0 Å². The van der Waals surface area contributed by atoms with E-state index in [1.54, 1.807) is 0 Å². The highest BCUT2D eigenvalue weighted by molar-refractivity contribution is 7.20. The van der Waals surface area contributed by atoms with Crippen molar-refractivity contribution in [2.24, 2.45) is 0 Å². The van der Waals surface area contributed by atoms with Crippen molar-refractivity contribution in [3.8, 4) is 0 Å². The zero-order chi connectivity index (χ0) is 49.9. The molecule has 352 valence electrons. The fourth-order valence-electron chi connectivity index (χ4n) is 8.24. The molecule has 0 aliphatic carbocycles. The Morgan fingerprint density at radius 3 is 0.288 bits per heavy atom. The standard InChI is InChI=1S/2C24H20B.8C2H6/c2*1-5-13-21(14-6-1)25(22-15-7-2-8-16-22,23-17-9-3-10-18-23)24-19-11-4-12-20-24;8*1-2/h2*1-20H;8*1-2H3/q2*-1;;;;;;;;. The van der Waals surface area contributed by atoms with Crippen molar-refractivity contribution in [2.75, 3.05) is 0 Å². The van der Waals surface area contributed by atoms with Gasteiger partial charge in [0.15, 0.2) is 0 Å². The maximum Gasteiger partial charge on any atom is 0.108 e. The molecular weight excluding hydrogens is 790 g/mol. The van der Waals surface area contributed by atoms with Crippen molar-refractivity contribution in [2.45, 2.75) is 111 Å². The third kappa shape index (κ3) is 16.7. The van der Waals surface area contributed by atoms with E-state index in [2.05, 4.69) is 243 Å². The van der Waals surface area contributed by atoms with Gasteiger partial charge in [0.05, 0.1) is 0 Å².